The molecule has 3 heterocycles. The van der Waals surface area contributed by atoms with Gasteiger partial charge in [-0.2, -0.15) is 5.10 Å². The van der Waals surface area contributed by atoms with Gasteiger partial charge in [-0.25, -0.2) is 13.9 Å². The molecule has 162 valence electrons. The fourth-order valence-electron chi connectivity index (χ4n) is 3.91. The van der Waals surface area contributed by atoms with E-state index in [1.807, 2.05) is 31.2 Å². The monoisotopic (exact) mass is 432 g/mol. The van der Waals surface area contributed by atoms with E-state index in [9.17, 15) is 14.0 Å². The van der Waals surface area contributed by atoms with Gasteiger partial charge in [0.25, 0.3) is 0 Å². The molecular weight excluding hydrogens is 411 g/mol. The van der Waals surface area contributed by atoms with Crippen molar-refractivity contribution in [1.82, 2.24) is 20.0 Å². The zero-order valence-corrected chi connectivity index (χ0v) is 17.5. The van der Waals surface area contributed by atoms with Crippen LogP contribution in [-0.4, -0.2) is 52.1 Å². The van der Waals surface area contributed by atoms with Crippen LogP contribution in [-0.2, 0) is 11.3 Å². The summed E-state index contributed by atoms with van der Waals surface area (Å²) < 4.78 is 15.5. The number of amidine groups is 1. The first-order valence-corrected chi connectivity index (χ1v) is 10.3. The molecule has 0 radical (unpaired) electrons. The van der Waals surface area contributed by atoms with E-state index in [1.54, 1.807) is 34.0 Å². The van der Waals surface area contributed by atoms with Crippen LogP contribution in [0, 0.1) is 12.7 Å². The number of rotatable bonds is 5. The van der Waals surface area contributed by atoms with E-state index < -0.39 is 5.91 Å². The Labute approximate surface area is 184 Å². The Morgan fingerprint density at radius 3 is 2.72 bits per heavy atom. The van der Waals surface area contributed by atoms with Crippen molar-refractivity contribution in [2.24, 2.45) is 4.99 Å². The van der Waals surface area contributed by atoms with Crippen molar-refractivity contribution in [2.75, 3.05) is 24.5 Å². The number of nitrogens with one attached hydrogen (secondary N) is 1. The lowest BCUT2D eigenvalue weighted by molar-refractivity contribution is -0.119. The molecule has 3 aromatic rings. The van der Waals surface area contributed by atoms with Crippen LogP contribution in [0.3, 0.4) is 0 Å². The second-order valence-corrected chi connectivity index (χ2v) is 7.72. The molecule has 0 atom stereocenters. The fraction of sp³-hybridized carbons (Fsp3) is 0.217. The molecule has 32 heavy (non-hydrogen) atoms. The summed E-state index contributed by atoms with van der Waals surface area (Å²) in [4.78, 5) is 33.4. The first-order chi connectivity index (χ1) is 15.5. The van der Waals surface area contributed by atoms with Crippen LogP contribution in [0.4, 0.5) is 15.0 Å². The number of fused-ring (bicyclic) bond motifs is 3. The van der Waals surface area contributed by atoms with Gasteiger partial charge >= 0.3 is 6.03 Å². The Morgan fingerprint density at radius 2 is 1.94 bits per heavy atom. The van der Waals surface area contributed by atoms with Gasteiger partial charge in [0.15, 0.2) is 5.82 Å². The zero-order valence-electron chi connectivity index (χ0n) is 17.5. The Balaban J connectivity index is 1.45. The van der Waals surface area contributed by atoms with Gasteiger partial charge in [-0.3, -0.25) is 19.6 Å². The van der Waals surface area contributed by atoms with E-state index in [0.29, 0.717) is 35.9 Å². The summed E-state index contributed by atoms with van der Waals surface area (Å²) in [6.07, 6.45) is 1.67. The molecule has 0 spiro atoms. The highest BCUT2D eigenvalue weighted by molar-refractivity contribution is 6.20. The Bertz CT molecular complexity index is 1230. The van der Waals surface area contributed by atoms with E-state index in [1.165, 1.54) is 11.0 Å². The van der Waals surface area contributed by atoms with Gasteiger partial charge < -0.3 is 5.32 Å². The number of carbonyl (C=O) groups is 2. The standard InChI is InChI=1S/C23H21FN6O2/c1-15-6-8-17(9-7-15)30-22-18(13-27-30)21-25-10-11-28(21)23(32)29(22)14-20(31)26-12-16-4-2-3-5-19(16)24/h2-9,13H,10-12,14H2,1H3,(H,26,31). The quantitative estimate of drug-likeness (QED) is 0.673. The molecule has 0 aliphatic carbocycles. The lowest BCUT2D eigenvalue weighted by atomic mass is 10.2. The summed E-state index contributed by atoms with van der Waals surface area (Å²) in [7, 11) is 0. The molecule has 0 fully saturated rings. The molecule has 8 nitrogen and oxygen atoms in total. The van der Waals surface area contributed by atoms with Crippen LogP contribution >= 0.6 is 0 Å². The third-order valence-electron chi connectivity index (χ3n) is 5.56. The molecule has 5 rings (SSSR count). The third kappa shape index (κ3) is 3.41. The minimum absolute atomic E-state index is 0.0358. The molecule has 0 saturated heterocycles. The summed E-state index contributed by atoms with van der Waals surface area (Å²) in [6.45, 7) is 2.76. The Kier molecular flexibility index (Phi) is 4.93. The summed E-state index contributed by atoms with van der Waals surface area (Å²) in [5.74, 6) is 0.284. The molecule has 3 amide bonds. The minimum Gasteiger partial charge on any atom is -0.350 e. The maximum absolute atomic E-state index is 13.9. The average molecular weight is 432 g/mol. The van der Waals surface area contributed by atoms with Crippen molar-refractivity contribution in [2.45, 2.75) is 13.5 Å². The topological polar surface area (TPSA) is 82.8 Å². The van der Waals surface area contributed by atoms with Gasteiger partial charge in [-0.1, -0.05) is 35.9 Å². The van der Waals surface area contributed by atoms with Gasteiger partial charge in [0.05, 0.1) is 24.0 Å². The maximum atomic E-state index is 13.9. The molecular formula is C23H21FN6O2. The first kappa shape index (κ1) is 19.9. The van der Waals surface area contributed by atoms with Gasteiger partial charge in [0, 0.05) is 18.7 Å². The third-order valence-corrected chi connectivity index (χ3v) is 5.56. The van der Waals surface area contributed by atoms with Gasteiger partial charge in [0.1, 0.15) is 18.2 Å². The second-order valence-electron chi connectivity index (χ2n) is 7.72. The smallest absolute Gasteiger partial charge is 0.331 e. The maximum Gasteiger partial charge on any atom is 0.331 e. The van der Waals surface area contributed by atoms with Gasteiger partial charge in [0.2, 0.25) is 5.91 Å². The number of benzene rings is 2. The fourth-order valence-corrected chi connectivity index (χ4v) is 3.91. The molecule has 0 saturated carbocycles. The summed E-state index contributed by atoms with van der Waals surface area (Å²) in [5.41, 5.74) is 2.95. The highest BCUT2D eigenvalue weighted by Crippen LogP contribution is 2.32. The summed E-state index contributed by atoms with van der Waals surface area (Å²) in [6, 6.07) is 13.7. The van der Waals surface area contributed by atoms with Gasteiger partial charge in [-0.05, 0) is 25.1 Å². The predicted molar refractivity (Wildman–Crippen MR) is 117 cm³/mol. The summed E-state index contributed by atoms with van der Waals surface area (Å²) in [5, 5.41) is 7.20. The molecule has 1 aromatic heterocycles. The van der Waals surface area contributed by atoms with E-state index in [2.05, 4.69) is 15.4 Å². The Morgan fingerprint density at radius 1 is 1.16 bits per heavy atom. The number of urea groups is 1. The minimum atomic E-state index is -0.399. The summed E-state index contributed by atoms with van der Waals surface area (Å²) >= 11 is 0. The predicted octanol–water partition coefficient (Wildman–Crippen LogP) is 2.64. The van der Waals surface area contributed by atoms with Crippen LogP contribution < -0.4 is 10.2 Å². The largest absolute Gasteiger partial charge is 0.350 e. The second kappa shape index (κ2) is 7.92. The number of hydrogen-bond acceptors (Lipinski definition) is 4. The number of amides is 3. The molecule has 2 aliphatic heterocycles. The number of hydrogen-bond donors (Lipinski definition) is 1. The van der Waals surface area contributed by atoms with Crippen molar-refractivity contribution in [3.63, 3.8) is 0 Å². The number of nitrogens with zero attached hydrogens (tertiary/aromatic N) is 5. The lowest BCUT2D eigenvalue weighted by Crippen LogP contribution is -2.53. The van der Waals surface area contributed by atoms with Crippen LogP contribution in [0.15, 0.2) is 59.7 Å². The Hall–Kier alpha value is -4.01. The molecule has 0 unspecified atom stereocenters. The number of anilines is 1. The highest BCUT2D eigenvalue weighted by Gasteiger charge is 2.41. The lowest BCUT2D eigenvalue weighted by Gasteiger charge is -2.33. The van der Waals surface area contributed by atoms with Crippen LogP contribution in [0.1, 0.15) is 16.7 Å². The average Bonchev–Trinajstić information content (AvgIpc) is 3.44. The highest BCUT2D eigenvalue weighted by atomic mass is 19.1. The number of aryl methyl sites for hydroxylation is 1. The molecule has 1 N–H and O–H groups in total. The van der Waals surface area contributed by atoms with E-state index in [0.717, 1.165) is 11.3 Å². The van der Waals surface area contributed by atoms with Crippen molar-refractivity contribution >= 4 is 23.6 Å². The number of carbonyl (C=O) groups excluding carboxylic acids is 2. The van der Waals surface area contributed by atoms with Crippen molar-refractivity contribution < 1.29 is 14.0 Å². The van der Waals surface area contributed by atoms with E-state index in [-0.39, 0.29) is 24.9 Å². The van der Waals surface area contributed by atoms with Crippen LogP contribution in [0.25, 0.3) is 5.69 Å². The normalized spacial score (nSPS) is 14.8. The molecule has 2 aliphatic rings. The van der Waals surface area contributed by atoms with E-state index >= 15 is 0 Å². The number of aliphatic imine (C=N–C) groups is 1. The zero-order chi connectivity index (χ0) is 22.2. The van der Waals surface area contributed by atoms with Crippen molar-refractivity contribution in [3.05, 3.63) is 77.2 Å². The first-order valence-electron chi connectivity index (χ1n) is 10.3. The van der Waals surface area contributed by atoms with Crippen molar-refractivity contribution in [3.8, 4) is 5.69 Å². The number of halogens is 1. The SMILES string of the molecule is Cc1ccc(-n2ncc3c2N(CC(=O)NCc2ccccc2F)C(=O)N2CCN=C32)cc1. The molecule has 9 heteroatoms. The van der Waals surface area contributed by atoms with Crippen LogP contribution in [0.2, 0.25) is 0 Å². The molecule has 2 aromatic carbocycles. The van der Waals surface area contributed by atoms with Crippen molar-refractivity contribution in [1.29, 1.82) is 0 Å². The van der Waals surface area contributed by atoms with Gasteiger partial charge in [-0.15, -0.1) is 0 Å². The molecule has 0 bridgehead atoms. The van der Waals surface area contributed by atoms with Crippen LogP contribution in [0.5, 0.6) is 0 Å². The number of aromatic nitrogens is 2. The van der Waals surface area contributed by atoms with E-state index in [4.69, 9.17) is 0 Å².